The van der Waals surface area contributed by atoms with E-state index in [9.17, 15) is 18.0 Å². The second-order valence-electron chi connectivity index (χ2n) is 6.68. The van der Waals surface area contributed by atoms with Crippen LogP contribution in [0.25, 0.3) is 17.5 Å². The molecular weight excluding hydrogens is 408 g/mol. The summed E-state index contributed by atoms with van der Waals surface area (Å²) in [5.41, 5.74) is 2.51. The molecule has 1 fully saturated rings. The van der Waals surface area contributed by atoms with Crippen LogP contribution in [0.1, 0.15) is 12.0 Å². The number of nitrogens with zero attached hydrogens (tertiary/aromatic N) is 2. The van der Waals surface area contributed by atoms with Gasteiger partial charge in [0.25, 0.3) is 0 Å². The van der Waals surface area contributed by atoms with E-state index in [2.05, 4.69) is 20.0 Å². The highest BCUT2D eigenvalue weighted by Crippen LogP contribution is 2.24. The number of carbonyl (C=O) groups is 1. The zero-order valence-corrected chi connectivity index (χ0v) is 16.6. The van der Waals surface area contributed by atoms with Crippen LogP contribution < -0.4 is 15.4 Å². The Morgan fingerprint density at radius 1 is 1.20 bits per heavy atom. The van der Waals surface area contributed by atoms with Crippen LogP contribution in [0.3, 0.4) is 0 Å². The molecule has 2 heterocycles. The topological polar surface area (TPSA) is 125 Å². The van der Waals surface area contributed by atoms with Gasteiger partial charge in [-0.25, -0.2) is 13.2 Å². The Hall–Kier alpha value is -3.66. The summed E-state index contributed by atoms with van der Waals surface area (Å²) < 4.78 is 29.9. The molecule has 9 nitrogen and oxygen atoms in total. The fourth-order valence-electron chi connectivity index (χ4n) is 3.14. The van der Waals surface area contributed by atoms with E-state index in [4.69, 9.17) is 0 Å². The van der Waals surface area contributed by atoms with E-state index >= 15 is 0 Å². The number of hydrogen-bond acceptors (Lipinski definition) is 6. The second-order valence-corrected chi connectivity index (χ2v) is 8.69. The van der Waals surface area contributed by atoms with Gasteiger partial charge in [-0.15, -0.1) is 0 Å². The lowest BCUT2D eigenvalue weighted by molar-refractivity contribution is -0.111. The first-order valence-corrected chi connectivity index (χ1v) is 10.8. The van der Waals surface area contributed by atoms with Crippen molar-refractivity contribution in [3.63, 3.8) is 0 Å². The second kappa shape index (κ2) is 7.99. The van der Waals surface area contributed by atoms with E-state index < -0.39 is 15.8 Å². The Balaban J connectivity index is 1.41. The lowest BCUT2D eigenvalue weighted by Gasteiger charge is -2.16. The number of rotatable bonds is 5. The molecule has 0 bridgehead atoms. The van der Waals surface area contributed by atoms with E-state index in [0.717, 1.165) is 5.56 Å². The highest BCUT2D eigenvalue weighted by molar-refractivity contribution is 7.93. The molecule has 4 rings (SSSR count). The summed E-state index contributed by atoms with van der Waals surface area (Å²) in [5, 5.41) is 6.35. The fraction of sp³-hybridized carbons (Fsp3) is 0.150. The normalized spacial score (nSPS) is 15.5. The summed E-state index contributed by atoms with van der Waals surface area (Å²) in [4.78, 5) is 25.7. The van der Waals surface area contributed by atoms with Gasteiger partial charge in [-0.05, 0) is 42.3 Å². The molecule has 0 aliphatic carbocycles. The predicted molar refractivity (Wildman–Crippen MR) is 112 cm³/mol. The molecule has 2 N–H and O–H groups in total. The van der Waals surface area contributed by atoms with Crippen molar-refractivity contribution >= 4 is 33.4 Å². The third kappa shape index (κ3) is 4.33. The number of carbonyl (C=O) groups excluding carboxylic acids is 1. The zero-order chi connectivity index (χ0) is 21.1. The molecule has 30 heavy (non-hydrogen) atoms. The first-order valence-electron chi connectivity index (χ1n) is 9.17. The fourth-order valence-corrected chi connectivity index (χ4v) is 4.70. The first-order chi connectivity index (χ1) is 14.4. The molecule has 0 spiro atoms. The van der Waals surface area contributed by atoms with Gasteiger partial charge in [0.15, 0.2) is 5.82 Å². The van der Waals surface area contributed by atoms with E-state index in [1.165, 1.54) is 10.4 Å². The van der Waals surface area contributed by atoms with Gasteiger partial charge in [-0.3, -0.25) is 18.6 Å². The number of benzene rings is 2. The maximum Gasteiger partial charge on any atom is 0.439 e. The maximum absolute atomic E-state index is 12.2. The lowest BCUT2D eigenvalue weighted by atomic mass is 10.1. The molecule has 1 aliphatic heterocycles. The van der Waals surface area contributed by atoms with Crippen molar-refractivity contribution in [2.24, 2.45) is 0 Å². The minimum Gasteiger partial charge on any atom is -0.322 e. The summed E-state index contributed by atoms with van der Waals surface area (Å²) in [6.45, 7) is 0.487. The van der Waals surface area contributed by atoms with Crippen LogP contribution in [-0.4, -0.2) is 36.8 Å². The van der Waals surface area contributed by atoms with Gasteiger partial charge >= 0.3 is 5.76 Å². The van der Waals surface area contributed by atoms with Crippen LogP contribution in [0, 0.1) is 0 Å². The average Bonchev–Trinajstić information content (AvgIpc) is 3.32. The van der Waals surface area contributed by atoms with E-state index in [1.54, 1.807) is 54.6 Å². The van der Waals surface area contributed by atoms with Crippen LogP contribution in [0.15, 0.2) is 63.9 Å². The molecule has 2 aromatic carbocycles. The smallest absolute Gasteiger partial charge is 0.322 e. The van der Waals surface area contributed by atoms with Crippen LogP contribution in [0.2, 0.25) is 0 Å². The Kier molecular flexibility index (Phi) is 5.23. The van der Waals surface area contributed by atoms with Crippen molar-refractivity contribution < 1.29 is 17.7 Å². The van der Waals surface area contributed by atoms with Crippen LogP contribution in [0.4, 0.5) is 11.4 Å². The Bertz CT molecular complexity index is 1260. The highest BCUT2D eigenvalue weighted by Gasteiger charge is 2.28. The van der Waals surface area contributed by atoms with Gasteiger partial charge in [0.05, 0.1) is 11.4 Å². The van der Waals surface area contributed by atoms with Gasteiger partial charge in [0.1, 0.15) is 0 Å². The number of hydrogen-bond donors (Lipinski definition) is 2. The summed E-state index contributed by atoms with van der Waals surface area (Å²) in [7, 11) is -3.21. The lowest BCUT2D eigenvalue weighted by Crippen LogP contribution is -2.24. The number of H-pyrrole nitrogens is 1. The first kappa shape index (κ1) is 19.6. The Labute approximate surface area is 172 Å². The van der Waals surface area contributed by atoms with Gasteiger partial charge < -0.3 is 5.32 Å². The van der Waals surface area contributed by atoms with E-state index in [1.807, 2.05) is 0 Å². The van der Waals surface area contributed by atoms with Gasteiger partial charge in [-0.1, -0.05) is 29.4 Å². The van der Waals surface area contributed by atoms with Crippen LogP contribution in [0.5, 0.6) is 0 Å². The number of amides is 1. The number of aromatic nitrogens is 2. The minimum atomic E-state index is -3.21. The average molecular weight is 426 g/mol. The quantitative estimate of drug-likeness (QED) is 0.603. The third-order valence-corrected chi connectivity index (χ3v) is 6.42. The van der Waals surface area contributed by atoms with Gasteiger partial charge in [-0.2, -0.15) is 0 Å². The minimum absolute atomic E-state index is 0.169. The van der Waals surface area contributed by atoms with Crippen molar-refractivity contribution in [1.82, 2.24) is 10.1 Å². The third-order valence-electron chi connectivity index (χ3n) is 4.55. The van der Waals surface area contributed by atoms with E-state index in [0.29, 0.717) is 29.9 Å². The number of sulfonamides is 1. The molecule has 0 atom stereocenters. The van der Waals surface area contributed by atoms with Crippen LogP contribution >= 0.6 is 0 Å². The monoisotopic (exact) mass is 426 g/mol. The predicted octanol–water partition coefficient (Wildman–Crippen LogP) is 2.22. The molecule has 10 heteroatoms. The number of aromatic amines is 1. The van der Waals surface area contributed by atoms with Crippen molar-refractivity contribution in [1.29, 1.82) is 0 Å². The molecule has 1 saturated heterocycles. The van der Waals surface area contributed by atoms with Crippen molar-refractivity contribution in [2.45, 2.75) is 6.42 Å². The Morgan fingerprint density at radius 3 is 2.67 bits per heavy atom. The molecule has 0 unspecified atom stereocenters. The van der Waals surface area contributed by atoms with Gasteiger partial charge in [0, 0.05) is 23.9 Å². The molecule has 3 aromatic rings. The number of nitrogens with one attached hydrogen (secondary N) is 2. The summed E-state index contributed by atoms with van der Waals surface area (Å²) in [6, 6.07) is 13.8. The van der Waals surface area contributed by atoms with Crippen molar-refractivity contribution in [3.8, 4) is 11.4 Å². The van der Waals surface area contributed by atoms with Gasteiger partial charge in [0.2, 0.25) is 15.9 Å². The number of anilines is 2. The molecule has 1 aromatic heterocycles. The summed E-state index contributed by atoms with van der Waals surface area (Å²) in [5.74, 6) is -0.558. The molecule has 0 radical (unpaired) electrons. The van der Waals surface area contributed by atoms with Crippen LogP contribution in [-0.2, 0) is 14.8 Å². The SMILES string of the molecule is O=C(/C=C/c1ccc(N2CCCS2(=O)=O)cc1)Nc1cccc(-c2noc(=O)[nH]2)c1. The van der Waals surface area contributed by atoms with Crippen molar-refractivity contribution in [3.05, 3.63) is 70.7 Å². The van der Waals surface area contributed by atoms with E-state index in [-0.39, 0.29) is 17.5 Å². The molecule has 154 valence electrons. The molecular formula is C20H18N4O5S. The highest BCUT2D eigenvalue weighted by atomic mass is 32.2. The van der Waals surface area contributed by atoms with Crippen molar-refractivity contribution in [2.75, 3.05) is 21.9 Å². The summed E-state index contributed by atoms with van der Waals surface area (Å²) >= 11 is 0. The standard InChI is InChI=1S/C20H18N4O5S/c25-18(21-16-4-1-3-15(13-16)19-22-20(26)29-23-19)10-7-14-5-8-17(9-6-14)24-11-2-12-30(24,27)28/h1,3-10,13H,2,11-12H2,(H,21,25)(H,22,23,26)/b10-7+. The molecule has 1 aliphatic rings. The Morgan fingerprint density at radius 2 is 2.00 bits per heavy atom. The summed E-state index contributed by atoms with van der Waals surface area (Å²) in [6.07, 6.45) is 3.64. The molecule has 1 amide bonds. The largest absolute Gasteiger partial charge is 0.439 e. The molecule has 0 saturated carbocycles. The zero-order valence-electron chi connectivity index (χ0n) is 15.7. The maximum atomic E-state index is 12.2.